The zero-order valence-corrected chi connectivity index (χ0v) is 14.8. The van der Waals surface area contributed by atoms with Crippen molar-refractivity contribution in [3.05, 3.63) is 29.0 Å². The Balaban J connectivity index is 1.54. The highest BCUT2D eigenvalue weighted by molar-refractivity contribution is 7.15. The molecule has 1 aliphatic rings. The van der Waals surface area contributed by atoms with Gasteiger partial charge in [0, 0.05) is 61.8 Å². The molecule has 0 radical (unpaired) electrons. The van der Waals surface area contributed by atoms with E-state index in [4.69, 9.17) is 0 Å². The number of thiazole rings is 1. The molecule has 1 N–H and O–H groups in total. The highest BCUT2D eigenvalue weighted by atomic mass is 32.1. The van der Waals surface area contributed by atoms with Crippen LogP contribution in [0.25, 0.3) is 0 Å². The number of nitrogens with zero attached hydrogens (tertiary/aromatic N) is 5. The molecule has 3 heterocycles. The molecule has 0 bridgehead atoms. The topological polar surface area (TPSA) is 57.2 Å². The molecule has 0 spiro atoms. The van der Waals surface area contributed by atoms with Gasteiger partial charge in [0.05, 0.1) is 0 Å². The number of rotatable bonds is 5. The van der Waals surface area contributed by atoms with Crippen molar-refractivity contribution in [3.8, 4) is 0 Å². The molecular formula is C16H24N6S. The molecule has 0 unspecified atom stereocenters. The minimum atomic E-state index is 0.522. The molecule has 1 aliphatic heterocycles. The SMILES string of the molecule is CC(C)c1cnc(NCc2cnc(N3CCN(C)CC3)nc2)s1. The van der Waals surface area contributed by atoms with Crippen LogP contribution in [0.3, 0.4) is 0 Å². The van der Waals surface area contributed by atoms with Crippen LogP contribution in [0.2, 0.25) is 0 Å². The molecular weight excluding hydrogens is 308 g/mol. The van der Waals surface area contributed by atoms with E-state index >= 15 is 0 Å². The maximum Gasteiger partial charge on any atom is 0.225 e. The second-order valence-electron chi connectivity index (χ2n) is 6.26. The molecule has 2 aromatic rings. The van der Waals surface area contributed by atoms with Crippen LogP contribution in [-0.2, 0) is 6.54 Å². The van der Waals surface area contributed by atoms with Gasteiger partial charge >= 0.3 is 0 Å². The average Bonchev–Trinajstić information content (AvgIpc) is 3.04. The first-order valence-electron chi connectivity index (χ1n) is 8.06. The monoisotopic (exact) mass is 332 g/mol. The Morgan fingerprint density at radius 2 is 1.78 bits per heavy atom. The van der Waals surface area contributed by atoms with Crippen LogP contribution in [0, 0.1) is 0 Å². The number of piperazine rings is 1. The Morgan fingerprint density at radius 1 is 1.09 bits per heavy atom. The summed E-state index contributed by atoms with van der Waals surface area (Å²) in [6.07, 6.45) is 5.76. The largest absolute Gasteiger partial charge is 0.357 e. The first-order chi connectivity index (χ1) is 11.1. The summed E-state index contributed by atoms with van der Waals surface area (Å²) in [6.45, 7) is 9.18. The lowest BCUT2D eigenvalue weighted by molar-refractivity contribution is 0.311. The van der Waals surface area contributed by atoms with E-state index in [-0.39, 0.29) is 0 Å². The van der Waals surface area contributed by atoms with E-state index in [1.54, 1.807) is 11.3 Å². The van der Waals surface area contributed by atoms with Gasteiger partial charge in [-0.25, -0.2) is 15.0 Å². The number of aromatic nitrogens is 3. The van der Waals surface area contributed by atoms with Crippen molar-refractivity contribution >= 4 is 22.4 Å². The van der Waals surface area contributed by atoms with E-state index in [1.807, 2.05) is 18.6 Å². The Labute approximate surface area is 141 Å². The number of anilines is 2. The standard InChI is InChI=1S/C16H24N6S/c1-12(2)14-11-20-16(23-14)19-10-13-8-17-15(18-9-13)22-6-4-21(3)5-7-22/h8-9,11-12H,4-7,10H2,1-3H3,(H,19,20). The summed E-state index contributed by atoms with van der Waals surface area (Å²) in [4.78, 5) is 19.3. The van der Waals surface area contributed by atoms with Gasteiger partial charge in [0.1, 0.15) is 0 Å². The molecule has 0 aliphatic carbocycles. The van der Waals surface area contributed by atoms with Crippen molar-refractivity contribution in [1.82, 2.24) is 19.9 Å². The summed E-state index contributed by atoms with van der Waals surface area (Å²) in [5.74, 6) is 1.35. The molecule has 2 aromatic heterocycles. The van der Waals surface area contributed by atoms with E-state index in [9.17, 15) is 0 Å². The predicted molar refractivity (Wildman–Crippen MR) is 95.3 cm³/mol. The van der Waals surface area contributed by atoms with Gasteiger partial charge in [-0.1, -0.05) is 13.8 Å². The van der Waals surface area contributed by atoms with Gasteiger partial charge in [0.25, 0.3) is 0 Å². The number of hydrogen-bond acceptors (Lipinski definition) is 7. The van der Waals surface area contributed by atoms with E-state index in [0.29, 0.717) is 12.5 Å². The van der Waals surface area contributed by atoms with Crippen LogP contribution >= 0.6 is 11.3 Å². The summed E-state index contributed by atoms with van der Waals surface area (Å²) >= 11 is 1.71. The highest BCUT2D eigenvalue weighted by Gasteiger charge is 2.16. The molecule has 6 nitrogen and oxygen atoms in total. The Kier molecular flexibility index (Phi) is 5.07. The molecule has 0 amide bonds. The quantitative estimate of drug-likeness (QED) is 0.907. The van der Waals surface area contributed by atoms with E-state index in [2.05, 4.69) is 51.0 Å². The van der Waals surface area contributed by atoms with Crippen LogP contribution in [0.15, 0.2) is 18.6 Å². The van der Waals surface area contributed by atoms with Gasteiger partial charge in [-0.15, -0.1) is 11.3 Å². The normalized spacial score (nSPS) is 16.1. The van der Waals surface area contributed by atoms with E-state index in [1.165, 1.54) is 4.88 Å². The second kappa shape index (κ2) is 7.23. The van der Waals surface area contributed by atoms with E-state index < -0.39 is 0 Å². The Hall–Kier alpha value is -1.73. The molecule has 1 fully saturated rings. The minimum Gasteiger partial charge on any atom is -0.357 e. The van der Waals surface area contributed by atoms with Gasteiger partial charge in [0.15, 0.2) is 5.13 Å². The first-order valence-corrected chi connectivity index (χ1v) is 8.87. The van der Waals surface area contributed by atoms with Gasteiger partial charge < -0.3 is 15.1 Å². The number of hydrogen-bond donors (Lipinski definition) is 1. The zero-order chi connectivity index (χ0) is 16.2. The van der Waals surface area contributed by atoms with Crippen molar-refractivity contribution in [2.24, 2.45) is 0 Å². The van der Waals surface area contributed by atoms with Crippen LogP contribution in [0.5, 0.6) is 0 Å². The molecule has 7 heteroatoms. The molecule has 3 rings (SSSR count). The van der Waals surface area contributed by atoms with Crippen molar-refractivity contribution < 1.29 is 0 Å². The summed E-state index contributed by atoms with van der Waals surface area (Å²) < 4.78 is 0. The molecule has 0 atom stereocenters. The highest BCUT2D eigenvalue weighted by Crippen LogP contribution is 2.25. The van der Waals surface area contributed by atoms with Crippen molar-refractivity contribution in [2.75, 3.05) is 43.4 Å². The van der Waals surface area contributed by atoms with E-state index in [0.717, 1.165) is 42.8 Å². The van der Waals surface area contributed by atoms with Crippen molar-refractivity contribution in [2.45, 2.75) is 26.3 Å². The third-order valence-corrected chi connectivity index (χ3v) is 5.27. The summed E-state index contributed by atoms with van der Waals surface area (Å²) in [6, 6.07) is 0. The van der Waals surface area contributed by atoms with Crippen LogP contribution in [0.4, 0.5) is 11.1 Å². The third-order valence-electron chi connectivity index (χ3n) is 4.01. The fourth-order valence-electron chi connectivity index (χ4n) is 2.42. The van der Waals surface area contributed by atoms with Crippen molar-refractivity contribution in [3.63, 3.8) is 0 Å². The number of likely N-dealkylation sites (N-methyl/N-ethyl adjacent to an activating group) is 1. The lowest BCUT2D eigenvalue weighted by atomic mass is 10.2. The maximum absolute atomic E-state index is 4.51. The van der Waals surface area contributed by atoms with Crippen LogP contribution in [-0.4, -0.2) is 53.1 Å². The van der Waals surface area contributed by atoms with Gasteiger partial charge in [-0.3, -0.25) is 0 Å². The molecule has 1 saturated heterocycles. The minimum absolute atomic E-state index is 0.522. The fraction of sp³-hybridized carbons (Fsp3) is 0.562. The lowest BCUT2D eigenvalue weighted by Crippen LogP contribution is -2.45. The second-order valence-corrected chi connectivity index (χ2v) is 7.32. The van der Waals surface area contributed by atoms with Crippen LogP contribution in [0.1, 0.15) is 30.2 Å². The summed E-state index contributed by atoms with van der Waals surface area (Å²) in [7, 11) is 2.15. The molecule has 124 valence electrons. The van der Waals surface area contributed by atoms with Gasteiger partial charge in [-0.2, -0.15) is 0 Å². The summed E-state index contributed by atoms with van der Waals surface area (Å²) in [5, 5.41) is 4.30. The first kappa shape index (κ1) is 16.1. The summed E-state index contributed by atoms with van der Waals surface area (Å²) in [5.41, 5.74) is 1.07. The van der Waals surface area contributed by atoms with Gasteiger partial charge in [0.2, 0.25) is 5.95 Å². The zero-order valence-electron chi connectivity index (χ0n) is 14.0. The average molecular weight is 332 g/mol. The number of nitrogens with one attached hydrogen (secondary N) is 1. The van der Waals surface area contributed by atoms with Crippen LogP contribution < -0.4 is 10.2 Å². The lowest BCUT2D eigenvalue weighted by Gasteiger charge is -2.32. The maximum atomic E-state index is 4.51. The Morgan fingerprint density at radius 3 is 2.39 bits per heavy atom. The predicted octanol–water partition coefficient (Wildman–Crippen LogP) is 2.42. The smallest absolute Gasteiger partial charge is 0.225 e. The molecule has 23 heavy (non-hydrogen) atoms. The Bertz CT molecular complexity index is 616. The molecule has 0 aromatic carbocycles. The fourth-order valence-corrected chi connectivity index (χ4v) is 3.24. The molecule has 0 saturated carbocycles. The van der Waals surface area contributed by atoms with Crippen molar-refractivity contribution in [1.29, 1.82) is 0 Å². The van der Waals surface area contributed by atoms with Gasteiger partial charge in [-0.05, 0) is 13.0 Å². The third kappa shape index (κ3) is 4.17.